The Morgan fingerprint density at radius 3 is 2.10 bits per heavy atom. The summed E-state index contributed by atoms with van der Waals surface area (Å²) >= 11 is 0. The topological polar surface area (TPSA) is 3.24 Å². The summed E-state index contributed by atoms with van der Waals surface area (Å²) in [6, 6.07) is 0. The Bertz CT molecular complexity index is 77.3. The van der Waals surface area contributed by atoms with Gasteiger partial charge in [0.15, 0.2) is 0 Å². The van der Waals surface area contributed by atoms with Gasteiger partial charge in [-0.05, 0) is 45.7 Å². The average Bonchev–Trinajstić information content (AvgIpc) is 2.15. The van der Waals surface area contributed by atoms with Gasteiger partial charge in [-0.15, -0.1) is 0 Å². The van der Waals surface area contributed by atoms with Gasteiger partial charge in [-0.2, -0.15) is 0 Å². The Labute approximate surface area is 86.5 Å². The Hall–Kier alpha value is 0.960. The van der Waals surface area contributed by atoms with Crippen molar-refractivity contribution in [2.24, 2.45) is 0 Å². The number of hydrogen-bond donors (Lipinski definition) is 0. The Morgan fingerprint density at radius 1 is 1.20 bits per heavy atom. The van der Waals surface area contributed by atoms with E-state index < -0.39 is 0 Å². The van der Waals surface area contributed by atoms with E-state index in [1.807, 2.05) is 0 Å². The van der Waals surface area contributed by atoms with Crippen molar-refractivity contribution in [2.75, 3.05) is 20.6 Å². The zero-order valence-corrected chi connectivity index (χ0v) is 8.96. The van der Waals surface area contributed by atoms with Crippen LogP contribution in [0.1, 0.15) is 0 Å². The molecule has 0 aromatic heterocycles. The minimum Gasteiger partial charge on any atom is -0.309 e. The third kappa shape index (κ3) is 3.97. The molecule has 0 N–H and O–H groups in total. The van der Waals surface area contributed by atoms with Crippen LogP contribution in [-0.4, -0.2) is 25.5 Å². The van der Waals surface area contributed by atoms with Crippen LogP contribution in [-0.2, 0) is 0 Å². The van der Waals surface area contributed by atoms with E-state index in [0.29, 0.717) is 0 Å². The van der Waals surface area contributed by atoms with Crippen molar-refractivity contribution in [1.29, 1.82) is 0 Å². The molecular formula is C8H12NNa+. The summed E-state index contributed by atoms with van der Waals surface area (Å²) in [5, 5.41) is 0. The fraction of sp³-hybridized carbons (Fsp3) is 0.375. The molecule has 0 aromatic rings. The van der Waals surface area contributed by atoms with E-state index in [2.05, 4.69) is 44.7 Å². The molecule has 0 bridgehead atoms. The van der Waals surface area contributed by atoms with Crippen molar-refractivity contribution >= 4 is 0 Å². The summed E-state index contributed by atoms with van der Waals surface area (Å²) in [6.07, 6.45) is 8.41. The number of nitrogens with zero attached hydrogens (tertiary/aromatic N) is 1. The first-order chi connectivity index (χ1) is 4.29. The summed E-state index contributed by atoms with van der Waals surface area (Å²) in [4.78, 5) is 2.16. The standard InChI is InChI=1S/C8H12N.Na/c1-9(2)7-8-5-3-4-6-8;/h3-6H,7H2,1-2H3;/q;+1. The summed E-state index contributed by atoms with van der Waals surface area (Å²) in [7, 11) is 4.15. The van der Waals surface area contributed by atoms with Crippen molar-refractivity contribution in [3.63, 3.8) is 0 Å². The second kappa shape index (κ2) is 5.59. The molecule has 0 saturated heterocycles. The molecule has 1 fully saturated rings. The molecule has 5 radical (unpaired) electrons. The van der Waals surface area contributed by atoms with Crippen molar-refractivity contribution in [2.45, 2.75) is 0 Å². The van der Waals surface area contributed by atoms with E-state index in [-0.39, 0.29) is 29.6 Å². The van der Waals surface area contributed by atoms with Crippen LogP contribution >= 0.6 is 0 Å². The van der Waals surface area contributed by atoms with Gasteiger partial charge in [0.05, 0.1) is 0 Å². The maximum absolute atomic E-state index is 2.16. The van der Waals surface area contributed by atoms with Crippen LogP contribution in [0.15, 0.2) is 0 Å². The van der Waals surface area contributed by atoms with Crippen molar-refractivity contribution in [3.8, 4) is 0 Å². The second-order valence-electron chi connectivity index (χ2n) is 2.53. The van der Waals surface area contributed by atoms with Gasteiger partial charge in [0, 0.05) is 6.54 Å². The quantitative estimate of drug-likeness (QED) is 0.405. The predicted octanol–water partition coefficient (Wildman–Crippen LogP) is -2.04. The third-order valence-corrected chi connectivity index (χ3v) is 1.23. The molecule has 0 spiro atoms. The second-order valence-corrected chi connectivity index (χ2v) is 2.53. The molecule has 49 valence electrons. The van der Waals surface area contributed by atoms with E-state index in [9.17, 15) is 0 Å². The molecule has 0 aromatic carbocycles. The first-order valence-electron chi connectivity index (χ1n) is 3.14. The Kier molecular flexibility index (Phi) is 6.13. The number of hydrogen-bond acceptors (Lipinski definition) is 1. The van der Waals surface area contributed by atoms with Gasteiger partial charge in [-0.3, -0.25) is 0 Å². The van der Waals surface area contributed by atoms with Crippen LogP contribution in [0.2, 0.25) is 0 Å². The van der Waals surface area contributed by atoms with Crippen molar-refractivity contribution in [3.05, 3.63) is 31.6 Å². The van der Waals surface area contributed by atoms with E-state index >= 15 is 0 Å². The molecule has 10 heavy (non-hydrogen) atoms. The third-order valence-electron chi connectivity index (χ3n) is 1.23. The molecule has 1 rings (SSSR count). The van der Waals surface area contributed by atoms with Crippen molar-refractivity contribution in [1.82, 2.24) is 4.90 Å². The van der Waals surface area contributed by atoms with Crippen LogP contribution in [0.3, 0.4) is 0 Å². The van der Waals surface area contributed by atoms with Crippen LogP contribution in [0, 0.1) is 31.6 Å². The van der Waals surface area contributed by atoms with E-state index in [1.54, 1.807) is 0 Å². The van der Waals surface area contributed by atoms with Gasteiger partial charge in [0.1, 0.15) is 0 Å². The predicted molar refractivity (Wildman–Crippen MR) is 39.0 cm³/mol. The molecule has 0 heterocycles. The zero-order valence-electron chi connectivity index (χ0n) is 6.96. The SMILES string of the molecule is CN(C)C[C]1[CH][CH][CH][CH]1.[Na+]. The summed E-state index contributed by atoms with van der Waals surface area (Å²) in [5.41, 5.74) is 0. The molecule has 1 nitrogen and oxygen atoms in total. The van der Waals surface area contributed by atoms with Crippen LogP contribution in [0.25, 0.3) is 0 Å². The van der Waals surface area contributed by atoms with Crippen LogP contribution in [0.4, 0.5) is 0 Å². The first kappa shape index (κ1) is 11.0. The first-order valence-corrected chi connectivity index (χ1v) is 3.14. The Morgan fingerprint density at radius 2 is 1.70 bits per heavy atom. The summed E-state index contributed by atoms with van der Waals surface area (Å²) in [6.45, 7) is 1.05. The monoisotopic (exact) mass is 145 g/mol. The molecule has 1 saturated carbocycles. The molecular weight excluding hydrogens is 133 g/mol. The van der Waals surface area contributed by atoms with Gasteiger partial charge in [0.2, 0.25) is 0 Å². The smallest absolute Gasteiger partial charge is 0.309 e. The molecule has 1 aliphatic rings. The van der Waals surface area contributed by atoms with Crippen molar-refractivity contribution < 1.29 is 29.6 Å². The zero-order chi connectivity index (χ0) is 6.69. The van der Waals surface area contributed by atoms with Gasteiger partial charge >= 0.3 is 29.6 Å². The summed E-state index contributed by atoms with van der Waals surface area (Å²) < 4.78 is 0. The van der Waals surface area contributed by atoms with E-state index in [1.165, 1.54) is 5.92 Å². The fourth-order valence-electron chi connectivity index (χ4n) is 0.884. The number of rotatable bonds is 2. The largest absolute Gasteiger partial charge is 1.00 e. The van der Waals surface area contributed by atoms with Gasteiger partial charge < -0.3 is 4.90 Å². The minimum atomic E-state index is 0. The van der Waals surface area contributed by atoms with Gasteiger partial charge in [-0.25, -0.2) is 0 Å². The normalized spacial score (nSPS) is 19.5. The maximum atomic E-state index is 2.16. The molecule has 0 atom stereocenters. The summed E-state index contributed by atoms with van der Waals surface area (Å²) in [5.74, 6) is 1.39. The average molecular weight is 145 g/mol. The molecule has 0 aliphatic heterocycles. The Balaban J connectivity index is 0.000000810. The molecule has 0 unspecified atom stereocenters. The van der Waals surface area contributed by atoms with E-state index in [4.69, 9.17) is 0 Å². The van der Waals surface area contributed by atoms with Crippen LogP contribution in [0.5, 0.6) is 0 Å². The molecule has 2 heteroatoms. The molecule has 0 amide bonds. The van der Waals surface area contributed by atoms with Gasteiger partial charge in [-0.1, -0.05) is 0 Å². The fourth-order valence-corrected chi connectivity index (χ4v) is 0.884. The van der Waals surface area contributed by atoms with Gasteiger partial charge in [0.25, 0.3) is 0 Å². The van der Waals surface area contributed by atoms with E-state index in [0.717, 1.165) is 6.54 Å². The maximum Gasteiger partial charge on any atom is 1.00 e. The van der Waals surface area contributed by atoms with Crippen LogP contribution < -0.4 is 29.6 Å². The molecule has 1 aliphatic carbocycles. The minimum absolute atomic E-state index is 0.